The molecule has 0 aliphatic heterocycles. The lowest BCUT2D eigenvalue weighted by Crippen LogP contribution is -2.14. The standard InChI is InChI=1S/C11H11F2N3O/c12-10(13)11-14-8-4-7(3-6-1-2-6)5-9(17)16(8)15-11/h4-6,10H,1-3H2,(H,14,15). The molecule has 0 bridgehead atoms. The molecule has 2 aromatic rings. The Kier molecular flexibility index (Phi) is 2.24. The summed E-state index contributed by atoms with van der Waals surface area (Å²) in [7, 11) is 0. The van der Waals surface area contributed by atoms with Crippen LogP contribution in [0.5, 0.6) is 0 Å². The smallest absolute Gasteiger partial charge is 0.271 e. The zero-order valence-electron chi connectivity index (χ0n) is 8.99. The maximum Gasteiger partial charge on any atom is 0.296 e. The highest BCUT2D eigenvalue weighted by Gasteiger charge is 2.22. The lowest BCUT2D eigenvalue weighted by molar-refractivity contribution is 0.140. The van der Waals surface area contributed by atoms with E-state index < -0.39 is 12.2 Å². The van der Waals surface area contributed by atoms with E-state index in [2.05, 4.69) is 10.1 Å². The zero-order chi connectivity index (χ0) is 12.0. The van der Waals surface area contributed by atoms with Crippen molar-refractivity contribution in [2.75, 3.05) is 0 Å². The quantitative estimate of drug-likeness (QED) is 0.889. The van der Waals surface area contributed by atoms with Crippen molar-refractivity contribution in [1.82, 2.24) is 14.6 Å². The Hall–Kier alpha value is -1.72. The van der Waals surface area contributed by atoms with Crippen LogP contribution in [0.3, 0.4) is 0 Å². The molecule has 4 nitrogen and oxygen atoms in total. The molecule has 1 N–H and O–H groups in total. The van der Waals surface area contributed by atoms with Gasteiger partial charge in [-0.2, -0.15) is 0 Å². The van der Waals surface area contributed by atoms with E-state index in [-0.39, 0.29) is 11.2 Å². The number of pyridine rings is 1. The number of rotatable bonds is 3. The SMILES string of the molecule is O=c1cc(CC2CC2)cc2nc(C(F)F)[nH]n12. The fourth-order valence-electron chi connectivity index (χ4n) is 1.94. The van der Waals surface area contributed by atoms with Gasteiger partial charge in [-0.1, -0.05) is 0 Å². The van der Waals surface area contributed by atoms with Gasteiger partial charge in [-0.15, -0.1) is 0 Å². The van der Waals surface area contributed by atoms with Gasteiger partial charge in [-0.3, -0.25) is 9.89 Å². The minimum Gasteiger partial charge on any atom is -0.271 e. The van der Waals surface area contributed by atoms with E-state index in [0.29, 0.717) is 5.92 Å². The molecule has 3 rings (SSSR count). The van der Waals surface area contributed by atoms with Crippen LogP contribution in [-0.2, 0) is 6.42 Å². The second-order valence-corrected chi connectivity index (χ2v) is 4.45. The van der Waals surface area contributed by atoms with Gasteiger partial charge in [0.2, 0.25) is 0 Å². The Balaban J connectivity index is 2.07. The normalized spacial score (nSPS) is 15.9. The largest absolute Gasteiger partial charge is 0.296 e. The number of aromatic amines is 1. The summed E-state index contributed by atoms with van der Waals surface area (Å²) in [5.41, 5.74) is 0.811. The monoisotopic (exact) mass is 239 g/mol. The average Bonchev–Trinajstić information content (AvgIpc) is 2.95. The summed E-state index contributed by atoms with van der Waals surface area (Å²) in [6.45, 7) is 0. The third kappa shape index (κ3) is 1.94. The van der Waals surface area contributed by atoms with Crippen molar-refractivity contribution in [2.45, 2.75) is 25.7 Å². The van der Waals surface area contributed by atoms with E-state index in [9.17, 15) is 13.6 Å². The van der Waals surface area contributed by atoms with E-state index in [0.717, 1.165) is 16.5 Å². The van der Waals surface area contributed by atoms with Gasteiger partial charge >= 0.3 is 0 Å². The summed E-state index contributed by atoms with van der Waals surface area (Å²) >= 11 is 0. The molecule has 0 radical (unpaired) electrons. The molecule has 17 heavy (non-hydrogen) atoms. The topological polar surface area (TPSA) is 50.2 Å². The van der Waals surface area contributed by atoms with Crippen LogP contribution in [-0.4, -0.2) is 14.6 Å². The lowest BCUT2D eigenvalue weighted by atomic mass is 10.1. The summed E-state index contributed by atoms with van der Waals surface area (Å²) in [5, 5.41) is 2.30. The molecule has 1 fully saturated rings. The van der Waals surface area contributed by atoms with Gasteiger partial charge in [-0.25, -0.2) is 18.3 Å². The second-order valence-electron chi connectivity index (χ2n) is 4.45. The van der Waals surface area contributed by atoms with Crippen LogP contribution < -0.4 is 5.56 Å². The molecular formula is C11H11F2N3O. The number of H-pyrrole nitrogens is 1. The first kappa shape index (κ1) is 10.4. The number of hydrogen-bond acceptors (Lipinski definition) is 2. The number of aromatic nitrogens is 3. The van der Waals surface area contributed by atoms with Gasteiger partial charge in [0, 0.05) is 6.07 Å². The van der Waals surface area contributed by atoms with Crippen LogP contribution in [0.1, 0.15) is 30.7 Å². The Morgan fingerprint density at radius 1 is 1.47 bits per heavy atom. The van der Waals surface area contributed by atoms with Crippen molar-refractivity contribution < 1.29 is 8.78 Å². The van der Waals surface area contributed by atoms with Crippen molar-refractivity contribution in [3.05, 3.63) is 33.9 Å². The van der Waals surface area contributed by atoms with Gasteiger partial charge in [0.25, 0.3) is 12.0 Å². The number of fused-ring (bicyclic) bond motifs is 1. The highest BCUT2D eigenvalue weighted by molar-refractivity contribution is 5.41. The van der Waals surface area contributed by atoms with Crippen LogP contribution in [0.4, 0.5) is 8.78 Å². The van der Waals surface area contributed by atoms with Crippen LogP contribution in [0, 0.1) is 5.92 Å². The van der Waals surface area contributed by atoms with Crippen molar-refractivity contribution in [3.8, 4) is 0 Å². The highest BCUT2D eigenvalue weighted by atomic mass is 19.3. The van der Waals surface area contributed by atoms with Gasteiger partial charge in [0.15, 0.2) is 11.5 Å². The first-order valence-electron chi connectivity index (χ1n) is 5.53. The Bertz CT molecular complexity index is 613. The van der Waals surface area contributed by atoms with Crippen molar-refractivity contribution >= 4 is 5.65 Å². The van der Waals surface area contributed by atoms with Crippen LogP contribution in [0.25, 0.3) is 5.65 Å². The first-order chi connectivity index (χ1) is 8.13. The third-order valence-corrected chi connectivity index (χ3v) is 2.96. The molecule has 1 aliphatic carbocycles. The molecule has 6 heteroatoms. The predicted molar refractivity (Wildman–Crippen MR) is 57.2 cm³/mol. The van der Waals surface area contributed by atoms with Gasteiger partial charge < -0.3 is 0 Å². The summed E-state index contributed by atoms with van der Waals surface area (Å²) in [5.74, 6) is 0.177. The molecule has 90 valence electrons. The zero-order valence-corrected chi connectivity index (χ0v) is 8.99. The van der Waals surface area contributed by atoms with E-state index in [1.165, 1.54) is 18.9 Å². The lowest BCUT2D eigenvalue weighted by Gasteiger charge is -1.98. The molecular weight excluding hydrogens is 228 g/mol. The van der Waals surface area contributed by atoms with Crippen LogP contribution in [0.2, 0.25) is 0 Å². The van der Waals surface area contributed by atoms with Crippen LogP contribution in [0.15, 0.2) is 16.9 Å². The molecule has 0 aromatic carbocycles. The Morgan fingerprint density at radius 3 is 2.88 bits per heavy atom. The van der Waals surface area contributed by atoms with E-state index >= 15 is 0 Å². The number of halogens is 2. The van der Waals surface area contributed by atoms with Crippen molar-refractivity contribution in [3.63, 3.8) is 0 Å². The summed E-state index contributed by atoms with van der Waals surface area (Å²) in [6, 6.07) is 3.18. The average molecular weight is 239 g/mol. The summed E-state index contributed by atoms with van der Waals surface area (Å²) < 4.78 is 26.0. The Morgan fingerprint density at radius 2 is 2.24 bits per heavy atom. The van der Waals surface area contributed by atoms with E-state index in [4.69, 9.17) is 0 Å². The van der Waals surface area contributed by atoms with Crippen LogP contribution >= 0.6 is 0 Å². The fraction of sp³-hybridized carbons (Fsp3) is 0.455. The maximum atomic E-state index is 12.4. The molecule has 1 saturated carbocycles. The third-order valence-electron chi connectivity index (χ3n) is 2.96. The molecule has 2 aromatic heterocycles. The molecule has 0 atom stereocenters. The van der Waals surface area contributed by atoms with Gasteiger partial charge in [-0.05, 0) is 36.8 Å². The molecule has 0 amide bonds. The molecule has 1 aliphatic rings. The summed E-state index contributed by atoms with van der Waals surface area (Å²) in [4.78, 5) is 15.4. The number of alkyl halides is 2. The summed E-state index contributed by atoms with van der Waals surface area (Å²) in [6.07, 6.45) is 0.508. The Labute approximate surface area is 95.3 Å². The molecule has 0 unspecified atom stereocenters. The molecule has 0 saturated heterocycles. The predicted octanol–water partition coefficient (Wildman–Crippen LogP) is 1.91. The maximum absolute atomic E-state index is 12.4. The fourth-order valence-corrected chi connectivity index (χ4v) is 1.94. The van der Waals surface area contributed by atoms with Crippen molar-refractivity contribution in [2.24, 2.45) is 5.92 Å². The number of hydrogen-bond donors (Lipinski definition) is 1. The minimum atomic E-state index is -2.69. The van der Waals surface area contributed by atoms with E-state index in [1.54, 1.807) is 6.07 Å². The second kappa shape index (κ2) is 3.65. The minimum absolute atomic E-state index is 0.267. The van der Waals surface area contributed by atoms with Crippen molar-refractivity contribution in [1.29, 1.82) is 0 Å². The number of nitrogens with zero attached hydrogens (tertiary/aromatic N) is 2. The van der Waals surface area contributed by atoms with E-state index in [1.807, 2.05) is 0 Å². The molecule has 0 spiro atoms. The molecule has 2 heterocycles. The highest BCUT2D eigenvalue weighted by Crippen LogP contribution is 2.32. The van der Waals surface area contributed by atoms with Gasteiger partial charge in [0.05, 0.1) is 0 Å². The number of nitrogens with one attached hydrogen (secondary N) is 1. The first-order valence-corrected chi connectivity index (χ1v) is 5.53. The van der Waals surface area contributed by atoms with Gasteiger partial charge in [0.1, 0.15) is 0 Å².